The van der Waals surface area contributed by atoms with Crippen molar-refractivity contribution in [3.05, 3.63) is 42.0 Å². The summed E-state index contributed by atoms with van der Waals surface area (Å²) in [5.74, 6) is 1.21. The second kappa shape index (κ2) is 7.05. The third kappa shape index (κ3) is 3.06. The Morgan fingerprint density at radius 1 is 1.00 bits per heavy atom. The molecule has 1 aliphatic rings. The molecular formula is C18H21NO6S. The number of anilines is 1. The Bertz CT molecular complexity index is 912. The van der Waals surface area contributed by atoms with Crippen molar-refractivity contribution in [3.63, 3.8) is 0 Å². The molecule has 8 heteroatoms. The van der Waals surface area contributed by atoms with Gasteiger partial charge in [-0.05, 0) is 24.6 Å². The average molecular weight is 379 g/mol. The molecule has 0 amide bonds. The van der Waals surface area contributed by atoms with Gasteiger partial charge in [0.25, 0.3) is 10.0 Å². The quantitative estimate of drug-likeness (QED) is 0.858. The summed E-state index contributed by atoms with van der Waals surface area (Å²) in [6.45, 7) is 0.152. The van der Waals surface area contributed by atoms with E-state index in [4.69, 9.17) is 14.2 Å². The minimum Gasteiger partial charge on any atom is -0.497 e. The maximum atomic E-state index is 13.3. The van der Waals surface area contributed by atoms with Gasteiger partial charge in [-0.25, -0.2) is 8.42 Å². The Labute approximate surface area is 152 Å². The van der Waals surface area contributed by atoms with Crippen LogP contribution in [0.1, 0.15) is 18.1 Å². The molecule has 1 aliphatic heterocycles. The van der Waals surface area contributed by atoms with Crippen molar-refractivity contribution in [1.29, 1.82) is 0 Å². The summed E-state index contributed by atoms with van der Waals surface area (Å²) >= 11 is 0. The molecule has 0 saturated carbocycles. The van der Waals surface area contributed by atoms with Crippen molar-refractivity contribution in [2.75, 3.05) is 32.2 Å². The van der Waals surface area contributed by atoms with Crippen LogP contribution in [-0.2, 0) is 10.0 Å². The molecule has 0 aliphatic carbocycles. The molecule has 0 fully saturated rings. The molecular weight excluding hydrogens is 358 g/mol. The summed E-state index contributed by atoms with van der Waals surface area (Å²) in [5, 5.41) is 10.2. The highest BCUT2D eigenvalue weighted by atomic mass is 32.2. The summed E-state index contributed by atoms with van der Waals surface area (Å²) in [7, 11) is 0.506. The molecule has 3 rings (SSSR count). The first-order valence-corrected chi connectivity index (χ1v) is 9.47. The molecule has 0 bridgehead atoms. The van der Waals surface area contributed by atoms with Gasteiger partial charge in [0, 0.05) is 24.2 Å². The number of rotatable bonds is 5. The first-order valence-electron chi connectivity index (χ1n) is 8.03. The van der Waals surface area contributed by atoms with Crippen molar-refractivity contribution in [3.8, 4) is 17.2 Å². The molecule has 0 saturated heterocycles. The van der Waals surface area contributed by atoms with Crippen molar-refractivity contribution in [1.82, 2.24) is 0 Å². The number of aliphatic hydroxyl groups excluding tert-OH is 1. The van der Waals surface area contributed by atoms with Crippen LogP contribution < -0.4 is 18.5 Å². The van der Waals surface area contributed by atoms with E-state index in [2.05, 4.69) is 0 Å². The zero-order valence-electron chi connectivity index (χ0n) is 14.8. The number of nitrogens with zero attached hydrogens (tertiary/aromatic N) is 1. The molecule has 7 nitrogen and oxygen atoms in total. The van der Waals surface area contributed by atoms with E-state index in [1.54, 1.807) is 24.3 Å². The molecule has 1 heterocycles. The minimum absolute atomic E-state index is 0.0333. The van der Waals surface area contributed by atoms with Gasteiger partial charge in [-0.2, -0.15) is 0 Å². The molecule has 0 aromatic heterocycles. The Hall–Kier alpha value is -2.45. The predicted octanol–water partition coefficient (Wildman–Crippen LogP) is 2.34. The van der Waals surface area contributed by atoms with Gasteiger partial charge in [0.2, 0.25) is 0 Å². The Balaban J connectivity index is 2.13. The SMILES string of the molecule is COc1ccc(S(=O)(=O)N2CCC(O)c3ccc(OC)cc32)c(OC)c1. The first-order chi connectivity index (χ1) is 12.4. The lowest BCUT2D eigenvalue weighted by atomic mass is 10.0. The van der Waals surface area contributed by atoms with Crippen molar-refractivity contribution >= 4 is 15.7 Å². The van der Waals surface area contributed by atoms with Crippen molar-refractivity contribution in [2.45, 2.75) is 17.4 Å². The number of benzene rings is 2. The van der Waals surface area contributed by atoms with Gasteiger partial charge in [-0.1, -0.05) is 6.07 Å². The number of hydrogen-bond acceptors (Lipinski definition) is 6. The topological polar surface area (TPSA) is 85.3 Å². The normalized spacial score (nSPS) is 16.8. The number of ether oxygens (including phenoxy) is 3. The molecule has 1 atom stereocenters. The van der Waals surface area contributed by atoms with Gasteiger partial charge < -0.3 is 19.3 Å². The summed E-state index contributed by atoms with van der Waals surface area (Å²) in [5.41, 5.74) is 0.953. The third-order valence-corrected chi connectivity index (χ3v) is 6.26. The van der Waals surface area contributed by atoms with E-state index in [1.165, 1.54) is 37.8 Å². The lowest BCUT2D eigenvalue weighted by Gasteiger charge is -2.33. The zero-order chi connectivity index (χ0) is 18.9. The van der Waals surface area contributed by atoms with Crippen molar-refractivity contribution in [2.24, 2.45) is 0 Å². The minimum atomic E-state index is -3.91. The van der Waals surface area contributed by atoms with Crippen LogP contribution in [0, 0.1) is 0 Å². The fourth-order valence-corrected chi connectivity index (χ4v) is 4.66. The highest BCUT2D eigenvalue weighted by Crippen LogP contribution is 2.41. The lowest BCUT2D eigenvalue weighted by Crippen LogP contribution is -2.36. The van der Waals surface area contributed by atoms with Gasteiger partial charge in [0.15, 0.2) is 0 Å². The molecule has 140 valence electrons. The van der Waals surface area contributed by atoms with E-state index >= 15 is 0 Å². The summed E-state index contributed by atoms with van der Waals surface area (Å²) in [4.78, 5) is 0.0333. The Morgan fingerprint density at radius 2 is 1.65 bits per heavy atom. The maximum absolute atomic E-state index is 13.3. The molecule has 0 spiro atoms. The molecule has 26 heavy (non-hydrogen) atoms. The zero-order valence-corrected chi connectivity index (χ0v) is 15.6. The molecule has 2 aromatic carbocycles. The smallest absolute Gasteiger partial charge is 0.268 e. The monoisotopic (exact) mass is 379 g/mol. The summed E-state index contributed by atoms with van der Waals surface area (Å²) in [6, 6.07) is 9.56. The number of methoxy groups -OCH3 is 3. The predicted molar refractivity (Wildman–Crippen MR) is 96.6 cm³/mol. The van der Waals surface area contributed by atoms with Gasteiger partial charge in [-0.3, -0.25) is 4.31 Å². The molecule has 1 unspecified atom stereocenters. The lowest BCUT2D eigenvalue weighted by molar-refractivity contribution is 0.166. The second-order valence-corrected chi connectivity index (χ2v) is 7.65. The van der Waals surface area contributed by atoms with E-state index in [-0.39, 0.29) is 17.2 Å². The highest BCUT2D eigenvalue weighted by molar-refractivity contribution is 7.93. The van der Waals surface area contributed by atoms with Gasteiger partial charge in [0.05, 0.1) is 33.1 Å². The number of sulfonamides is 1. The van der Waals surface area contributed by atoms with Crippen LogP contribution in [0.2, 0.25) is 0 Å². The number of hydrogen-bond donors (Lipinski definition) is 1. The highest BCUT2D eigenvalue weighted by Gasteiger charge is 2.34. The maximum Gasteiger partial charge on any atom is 0.268 e. The second-order valence-electron chi connectivity index (χ2n) is 5.82. The largest absolute Gasteiger partial charge is 0.497 e. The van der Waals surface area contributed by atoms with Crippen LogP contribution in [0.4, 0.5) is 5.69 Å². The van der Waals surface area contributed by atoms with Crippen LogP contribution in [-0.4, -0.2) is 41.4 Å². The van der Waals surface area contributed by atoms with E-state index in [1.807, 2.05) is 0 Å². The number of aliphatic hydroxyl groups is 1. The number of fused-ring (bicyclic) bond motifs is 1. The summed E-state index contributed by atoms with van der Waals surface area (Å²) in [6.07, 6.45) is -0.420. The van der Waals surface area contributed by atoms with E-state index < -0.39 is 16.1 Å². The summed E-state index contributed by atoms with van der Waals surface area (Å²) < 4.78 is 43.5. The van der Waals surface area contributed by atoms with Gasteiger partial charge in [-0.15, -0.1) is 0 Å². The Morgan fingerprint density at radius 3 is 2.31 bits per heavy atom. The fourth-order valence-electron chi connectivity index (χ4n) is 3.02. The van der Waals surface area contributed by atoms with Gasteiger partial charge in [0.1, 0.15) is 22.1 Å². The van der Waals surface area contributed by atoms with Crippen LogP contribution in [0.25, 0.3) is 0 Å². The average Bonchev–Trinajstić information content (AvgIpc) is 2.67. The molecule has 0 radical (unpaired) electrons. The fraction of sp³-hybridized carbons (Fsp3) is 0.333. The molecule has 2 aromatic rings. The Kier molecular flexibility index (Phi) is 4.97. The standard InChI is InChI=1S/C18H21NO6S/c1-23-12-4-6-14-15(10-12)19(9-8-16(14)20)26(21,22)18-7-5-13(24-2)11-17(18)25-3/h4-7,10-11,16,20H,8-9H2,1-3H3. The van der Waals surface area contributed by atoms with Crippen LogP contribution in [0.15, 0.2) is 41.3 Å². The van der Waals surface area contributed by atoms with Gasteiger partial charge >= 0.3 is 0 Å². The van der Waals surface area contributed by atoms with Crippen LogP contribution in [0.3, 0.4) is 0 Å². The van der Waals surface area contributed by atoms with Crippen LogP contribution >= 0.6 is 0 Å². The van der Waals surface area contributed by atoms with E-state index in [0.29, 0.717) is 29.2 Å². The van der Waals surface area contributed by atoms with Crippen molar-refractivity contribution < 1.29 is 27.7 Å². The molecule has 1 N–H and O–H groups in total. The first kappa shape index (κ1) is 18.3. The third-order valence-electron chi connectivity index (χ3n) is 4.41. The van der Waals surface area contributed by atoms with E-state index in [0.717, 1.165) is 0 Å². The van der Waals surface area contributed by atoms with Crippen LogP contribution in [0.5, 0.6) is 17.2 Å². The van der Waals surface area contributed by atoms with E-state index in [9.17, 15) is 13.5 Å².